The van der Waals surface area contributed by atoms with Gasteiger partial charge in [0, 0.05) is 19.0 Å². The zero-order valence-corrected chi connectivity index (χ0v) is 11.9. The maximum Gasteiger partial charge on any atom is 0.243 e. The number of hydrogen-bond donors (Lipinski definition) is 0. The van der Waals surface area contributed by atoms with Gasteiger partial charge in [0.1, 0.15) is 0 Å². The molecule has 1 fully saturated rings. The Morgan fingerprint density at radius 3 is 2.63 bits per heavy atom. The Morgan fingerprint density at radius 1 is 1.37 bits per heavy atom. The van der Waals surface area contributed by atoms with Crippen LogP contribution in [0.1, 0.15) is 13.3 Å². The van der Waals surface area contributed by atoms with Gasteiger partial charge >= 0.3 is 0 Å². The van der Waals surface area contributed by atoms with Crippen molar-refractivity contribution >= 4 is 10.0 Å². The molecular formula is C15H19NO2S. The molecule has 1 aliphatic heterocycles. The fourth-order valence-corrected chi connectivity index (χ4v) is 3.83. The van der Waals surface area contributed by atoms with E-state index in [0.717, 1.165) is 12.0 Å². The second-order valence-electron chi connectivity index (χ2n) is 4.64. The van der Waals surface area contributed by atoms with Gasteiger partial charge in [0.05, 0.1) is 4.90 Å². The van der Waals surface area contributed by atoms with Gasteiger partial charge in [-0.05, 0) is 18.6 Å². The molecule has 0 unspecified atom stereocenters. The first-order chi connectivity index (χ1) is 9.09. The summed E-state index contributed by atoms with van der Waals surface area (Å²) in [5.41, 5.74) is 1.15. The van der Waals surface area contributed by atoms with Crippen LogP contribution in [0.5, 0.6) is 0 Å². The highest BCUT2D eigenvalue weighted by Gasteiger charge is 2.33. The zero-order valence-electron chi connectivity index (χ0n) is 11.1. The van der Waals surface area contributed by atoms with E-state index in [9.17, 15) is 8.42 Å². The molecule has 3 nitrogen and oxygen atoms in total. The van der Waals surface area contributed by atoms with E-state index >= 15 is 0 Å². The van der Waals surface area contributed by atoms with E-state index in [2.05, 4.69) is 19.6 Å². The van der Waals surface area contributed by atoms with E-state index < -0.39 is 10.0 Å². The van der Waals surface area contributed by atoms with Crippen molar-refractivity contribution in [2.45, 2.75) is 18.2 Å². The third kappa shape index (κ3) is 2.80. The first kappa shape index (κ1) is 14.0. The zero-order chi connectivity index (χ0) is 13.9. The SMILES string of the molecule is C=C[C@H]1CN(S(=O)(=O)c2ccccc2)C/C1=C\CC. The van der Waals surface area contributed by atoms with Crippen molar-refractivity contribution < 1.29 is 8.42 Å². The smallest absolute Gasteiger partial charge is 0.207 e. The van der Waals surface area contributed by atoms with E-state index in [0.29, 0.717) is 18.0 Å². The molecule has 0 amide bonds. The van der Waals surface area contributed by atoms with E-state index in [-0.39, 0.29) is 5.92 Å². The maximum absolute atomic E-state index is 12.5. The summed E-state index contributed by atoms with van der Waals surface area (Å²) in [6.45, 7) is 6.83. The number of sulfonamides is 1. The van der Waals surface area contributed by atoms with Gasteiger partial charge < -0.3 is 0 Å². The van der Waals surface area contributed by atoms with Crippen LogP contribution in [0.4, 0.5) is 0 Å². The molecule has 0 spiro atoms. The van der Waals surface area contributed by atoms with E-state index in [1.807, 2.05) is 12.1 Å². The van der Waals surface area contributed by atoms with E-state index in [4.69, 9.17) is 0 Å². The largest absolute Gasteiger partial charge is 0.243 e. The molecule has 1 aromatic rings. The highest BCUT2D eigenvalue weighted by molar-refractivity contribution is 7.89. The standard InChI is InChI=1S/C15H19NO2S/c1-3-8-14-12-16(11-13(14)4-2)19(17,18)15-9-6-5-7-10-15/h4-10,13H,2-3,11-12H2,1H3/b14-8+/t13-/m0/s1. The Labute approximate surface area is 115 Å². The molecule has 19 heavy (non-hydrogen) atoms. The lowest BCUT2D eigenvalue weighted by atomic mass is 10.0. The Hall–Kier alpha value is -1.39. The van der Waals surface area contributed by atoms with Crippen molar-refractivity contribution in [3.05, 3.63) is 54.6 Å². The normalized spacial score (nSPS) is 22.8. The topological polar surface area (TPSA) is 37.4 Å². The summed E-state index contributed by atoms with van der Waals surface area (Å²) in [4.78, 5) is 0.357. The van der Waals surface area contributed by atoms with Crippen LogP contribution in [-0.4, -0.2) is 25.8 Å². The Balaban J connectivity index is 2.29. The number of rotatable bonds is 4. The van der Waals surface area contributed by atoms with Crippen molar-refractivity contribution in [3.8, 4) is 0 Å². The van der Waals surface area contributed by atoms with Crippen LogP contribution in [0, 0.1) is 5.92 Å². The minimum absolute atomic E-state index is 0.137. The number of benzene rings is 1. The molecule has 0 bridgehead atoms. The quantitative estimate of drug-likeness (QED) is 0.794. The van der Waals surface area contributed by atoms with Gasteiger partial charge in [-0.1, -0.05) is 42.8 Å². The van der Waals surface area contributed by atoms with Crippen LogP contribution in [0.15, 0.2) is 59.5 Å². The van der Waals surface area contributed by atoms with Crippen LogP contribution in [0.25, 0.3) is 0 Å². The molecule has 2 rings (SSSR count). The molecule has 0 aliphatic carbocycles. The highest BCUT2D eigenvalue weighted by Crippen LogP contribution is 2.29. The van der Waals surface area contributed by atoms with E-state index in [1.165, 1.54) is 4.31 Å². The molecule has 0 radical (unpaired) electrons. The molecule has 1 saturated heterocycles. The third-order valence-corrected chi connectivity index (χ3v) is 5.19. The second kappa shape index (κ2) is 5.72. The van der Waals surface area contributed by atoms with Gasteiger partial charge in [-0.15, -0.1) is 6.58 Å². The molecule has 1 aliphatic rings. The van der Waals surface area contributed by atoms with Crippen molar-refractivity contribution in [1.29, 1.82) is 0 Å². The summed E-state index contributed by atoms with van der Waals surface area (Å²) in [5.74, 6) is 0.137. The Bertz CT molecular complexity index is 575. The van der Waals surface area contributed by atoms with E-state index in [1.54, 1.807) is 24.3 Å². The van der Waals surface area contributed by atoms with Crippen molar-refractivity contribution in [3.63, 3.8) is 0 Å². The summed E-state index contributed by atoms with van der Waals surface area (Å²) < 4.78 is 26.6. The van der Waals surface area contributed by atoms with Gasteiger partial charge in [-0.3, -0.25) is 0 Å². The first-order valence-electron chi connectivity index (χ1n) is 6.46. The van der Waals surface area contributed by atoms with Crippen LogP contribution < -0.4 is 0 Å². The number of hydrogen-bond acceptors (Lipinski definition) is 2. The Kier molecular flexibility index (Phi) is 4.22. The fraction of sp³-hybridized carbons (Fsp3) is 0.333. The monoisotopic (exact) mass is 277 g/mol. The molecule has 0 saturated carbocycles. The summed E-state index contributed by atoms with van der Waals surface area (Å²) >= 11 is 0. The summed E-state index contributed by atoms with van der Waals surface area (Å²) in [7, 11) is -3.39. The predicted octanol–water partition coefficient (Wildman–Crippen LogP) is 2.83. The second-order valence-corrected chi connectivity index (χ2v) is 6.58. The third-order valence-electron chi connectivity index (χ3n) is 3.37. The maximum atomic E-state index is 12.5. The van der Waals surface area contributed by atoms with Crippen LogP contribution in [-0.2, 0) is 10.0 Å². The number of allylic oxidation sites excluding steroid dienone is 1. The number of nitrogens with zero attached hydrogens (tertiary/aromatic N) is 1. The molecule has 0 N–H and O–H groups in total. The van der Waals surface area contributed by atoms with Crippen LogP contribution >= 0.6 is 0 Å². The average molecular weight is 277 g/mol. The average Bonchev–Trinajstić information content (AvgIpc) is 2.84. The lowest BCUT2D eigenvalue weighted by Gasteiger charge is -2.15. The van der Waals surface area contributed by atoms with Gasteiger partial charge in [-0.2, -0.15) is 4.31 Å². The lowest BCUT2D eigenvalue weighted by Crippen LogP contribution is -2.28. The molecule has 102 valence electrons. The predicted molar refractivity (Wildman–Crippen MR) is 77.3 cm³/mol. The van der Waals surface area contributed by atoms with Gasteiger partial charge in [0.15, 0.2) is 0 Å². The molecule has 4 heteroatoms. The summed E-state index contributed by atoms with van der Waals surface area (Å²) in [5, 5.41) is 0. The minimum Gasteiger partial charge on any atom is -0.207 e. The molecule has 1 aromatic carbocycles. The molecule has 1 heterocycles. The lowest BCUT2D eigenvalue weighted by molar-refractivity contribution is 0.471. The van der Waals surface area contributed by atoms with Crippen molar-refractivity contribution in [2.75, 3.05) is 13.1 Å². The summed E-state index contributed by atoms with van der Waals surface area (Å²) in [6, 6.07) is 8.59. The molecular weight excluding hydrogens is 258 g/mol. The fourth-order valence-electron chi connectivity index (χ4n) is 2.35. The van der Waals surface area contributed by atoms with Crippen molar-refractivity contribution in [1.82, 2.24) is 4.31 Å². The van der Waals surface area contributed by atoms with Gasteiger partial charge in [0.25, 0.3) is 0 Å². The first-order valence-corrected chi connectivity index (χ1v) is 7.90. The van der Waals surface area contributed by atoms with Gasteiger partial charge in [0.2, 0.25) is 10.0 Å². The molecule has 0 aromatic heterocycles. The van der Waals surface area contributed by atoms with Crippen molar-refractivity contribution in [2.24, 2.45) is 5.92 Å². The Morgan fingerprint density at radius 2 is 2.05 bits per heavy atom. The summed E-state index contributed by atoms with van der Waals surface area (Å²) in [6.07, 6.45) is 4.85. The molecule has 1 atom stereocenters. The highest BCUT2D eigenvalue weighted by atomic mass is 32.2. The van der Waals surface area contributed by atoms with Gasteiger partial charge in [-0.25, -0.2) is 8.42 Å². The van der Waals surface area contributed by atoms with Crippen LogP contribution in [0.2, 0.25) is 0 Å². The minimum atomic E-state index is -3.39. The van der Waals surface area contributed by atoms with Crippen LogP contribution in [0.3, 0.4) is 0 Å².